The average molecular weight is 247 g/mol. The normalized spacial score (nSPS) is 16.9. The molecule has 1 unspecified atom stereocenters. The highest BCUT2D eigenvalue weighted by Gasteiger charge is 2.31. The number of ether oxygens (including phenoxy) is 1. The van der Waals surface area contributed by atoms with E-state index in [0.717, 1.165) is 16.7 Å². The Bertz CT molecular complexity index is 598. The second kappa shape index (κ2) is 4.49. The molecule has 5 heteroatoms. The lowest BCUT2D eigenvalue weighted by Crippen LogP contribution is -2.27. The predicted octanol–water partition coefficient (Wildman–Crippen LogP) is 1.69. The second-order valence-electron chi connectivity index (χ2n) is 4.88. The van der Waals surface area contributed by atoms with Crippen LogP contribution in [-0.2, 0) is 4.74 Å². The van der Waals surface area contributed by atoms with Crippen LogP contribution in [0.1, 0.15) is 12.8 Å². The highest BCUT2D eigenvalue weighted by Crippen LogP contribution is 2.34. The molecule has 0 radical (unpaired) electrons. The summed E-state index contributed by atoms with van der Waals surface area (Å²) >= 11 is 0. The average Bonchev–Trinajstić information content (AvgIpc) is 3.11. The molecule has 0 aliphatic heterocycles. The number of hydrogen-bond acceptors (Lipinski definition) is 3. The molecule has 1 aliphatic carbocycles. The van der Waals surface area contributed by atoms with Gasteiger partial charge in [0.25, 0.3) is 0 Å². The molecule has 0 spiro atoms. The van der Waals surface area contributed by atoms with E-state index in [1.165, 1.54) is 12.8 Å². The highest BCUT2D eigenvalue weighted by atomic mass is 16.5. The van der Waals surface area contributed by atoms with Crippen LogP contribution in [0.2, 0.25) is 0 Å². The molecule has 3 N–H and O–H groups in total. The van der Waals surface area contributed by atoms with Gasteiger partial charge >= 0.3 is 5.69 Å². The predicted molar refractivity (Wildman–Crippen MR) is 70.9 cm³/mol. The number of rotatable bonds is 5. The minimum Gasteiger partial charge on any atom is -0.383 e. The smallest absolute Gasteiger partial charge is 0.323 e. The van der Waals surface area contributed by atoms with E-state index in [1.807, 2.05) is 18.2 Å². The molecule has 1 aromatic carbocycles. The van der Waals surface area contributed by atoms with Gasteiger partial charge in [-0.2, -0.15) is 0 Å². The maximum absolute atomic E-state index is 11.2. The third kappa shape index (κ3) is 2.26. The van der Waals surface area contributed by atoms with Crippen molar-refractivity contribution in [3.05, 3.63) is 28.7 Å². The van der Waals surface area contributed by atoms with E-state index in [2.05, 4.69) is 15.3 Å². The molecule has 5 nitrogen and oxygen atoms in total. The molecule has 1 heterocycles. The number of aromatic nitrogens is 2. The van der Waals surface area contributed by atoms with Gasteiger partial charge in [0.1, 0.15) is 0 Å². The molecule has 1 fully saturated rings. The molecule has 1 aromatic heterocycles. The van der Waals surface area contributed by atoms with Crippen LogP contribution in [0.3, 0.4) is 0 Å². The van der Waals surface area contributed by atoms with Gasteiger partial charge in [-0.25, -0.2) is 4.79 Å². The lowest BCUT2D eigenvalue weighted by atomic mass is 10.2. The Labute approximate surface area is 105 Å². The zero-order valence-corrected chi connectivity index (χ0v) is 10.3. The van der Waals surface area contributed by atoms with Gasteiger partial charge in [-0.1, -0.05) is 0 Å². The minimum absolute atomic E-state index is 0.169. The quantitative estimate of drug-likeness (QED) is 0.753. The van der Waals surface area contributed by atoms with Crippen molar-refractivity contribution in [2.45, 2.75) is 18.9 Å². The molecule has 0 bridgehead atoms. The number of anilines is 1. The molecule has 0 saturated heterocycles. The van der Waals surface area contributed by atoms with Crippen molar-refractivity contribution in [3.8, 4) is 0 Å². The van der Waals surface area contributed by atoms with E-state index in [0.29, 0.717) is 18.6 Å². The summed E-state index contributed by atoms with van der Waals surface area (Å²) in [5.74, 6) is 0.714. The van der Waals surface area contributed by atoms with Crippen LogP contribution >= 0.6 is 0 Å². The van der Waals surface area contributed by atoms with E-state index in [-0.39, 0.29) is 5.69 Å². The summed E-state index contributed by atoms with van der Waals surface area (Å²) in [6.07, 6.45) is 2.54. The number of methoxy groups -OCH3 is 1. The Morgan fingerprint density at radius 2 is 2.17 bits per heavy atom. The van der Waals surface area contributed by atoms with Gasteiger partial charge in [0.2, 0.25) is 0 Å². The SMILES string of the molecule is COCC(Nc1ccc2[nH]c(=O)[nH]c2c1)C1CC1. The molecule has 96 valence electrons. The summed E-state index contributed by atoms with van der Waals surface area (Å²) in [7, 11) is 1.73. The molecular formula is C13H17N3O2. The zero-order valence-electron chi connectivity index (χ0n) is 10.3. The van der Waals surface area contributed by atoms with Crippen LogP contribution in [-0.4, -0.2) is 29.7 Å². The van der Waals surface area contributed by atoms with Gasteiger partial charge in [0.05, 0.1) is 23.7 Å². The minimum atomic E-state index is -0.169. The number of fused-ring (bicyclic) bond motifs is 1. The van der Waals surface area contributed by atoms with Gasteiger partial charge in [0.15, 0.2) is 0 Å². The topological polar surface area (TPSA) is 69.9 Å². The number of nitrogens with one attached hydrogen (secondary N) is 3. The fraction of sp³-hybridized carbons (Fsp3) is 0.462. The maximum atomic E-state index is 11.2. The Balaban J connectivity index is 1.82. The number of imidazole rings is 1. The Morgan fingerprint density at radius 1 is 1.39 bits per heavy atom. The van der Waals surface area contributed by atoms with Crippen molar-refractivity contribution in [2.24, 2.45) is 5.92 Å². The fourth-order valence-electron chi connectivity index (χ4n) is 2.31. The van der Waals surface area contributed by atoms with Crippen LogP contribution in [0.4, 0.5) is 5.69 Å². The van der Waals surface area contributed by atoms with Crippen molar-refractivity contribution in [1.82, 2.24) is 9.97 Å². The summed E-state index contributed by atoms with van der Waals surface area (Å²) in [5, 5.41) is 3.48. The molecule has 3 rings (SSSR count). The summed E-state index contributed by atoms with van der Waals surface area (Å²) in [4.78, 5) is 16.7. The van der Waals surface area contributed by atoms with Gasteiger partial charge in [-0.05, 0) is 37.0 Å². The van der Waals surface area contributed by atoms with Crippen molar-refractivity contribution < 1.29 is 4.74 Å². The lowest BCUT2D eigenvalue weighted by Gasteiger charge is -2.18. The first-order valence-electron chi connectivity index (χ1n) is 6.24. The summed E-state index contributed by atoms with van der Waals surface area (Å²) in [6.45, 7) is 0.715. The first-order valence-corrected chi connectivity index (χ1v) is 6.24. The summed E-state index contributed by atoms with van der Waals surface area (Å²) < 4.78 is 5.24. The van der Waals surface area contributed by atoms with Gasteiger partial charge in [0, 0.05) is 12.8 Å². The molecule has 1 saturated carbocycles. The first kappa shape index (κ1) is 11.3. The monoisotopic (exact) mass is 247 g/mol. The second-order valence-corrected chi connectivity index (χ2v) is 4.88. The van der Waals surface area contributed by atoms with Crippen molar-refractivity contribution in [3.63, 3.8) is 0 Å². The number of aromatic amines is 2. The van der Waals surface area contributed by atoms with E-state index in [9.17, 15) is 4.79 Å². The van der Waals surface area contributed by atoms with Gasteiger partial charge in [-0.15, -0.1) is 0 Å². The van der Waals surface area contributed by atoms with Crippen LogP contribution in [0.15, 0.2) is 23.0 Å². The van der Waals surface area contributed by atoms with Gasteiger partial charge in [-0.3, -0.25) is 0 Å². The van der Waals surface area contributed by atoms with Crippen molar-refractivity contribution in [2.75, 3.05) is 19.0 Å². The molecule has 1 atom stereocenters. The van der Waals surface area contributed by atoms with Crippen LogP contribution < -0.4 is 11.0 Å². The third-order valence-electron chi connectivity index (χ3n) is 3.41. The molecule has 2 aromatic rings. The van der Waals surface area contributed by atoms with E-state index in [1.54, 1.807) is 7.11 Å². The Morgan fingerprint density at radius 3 is 2.89 bits per heavy atom. The summed E-state index contributed by atoms with van der Waals surface area (Å²) in [6, 6.07) is 6.21. The van der Waals surface area contributed by atoms with Crippen LogP contribution in [0, 0.1) is 5.92 Å². The fourth-order valence-corrected chi connectivity index (χ4v) is 2.31. The Kier molecular flexibility index (Phi) is 2.83. The van der Waals surface area contributed by atoms with Crippen LogP contribution in [0.25, 0.3) is 11.0 Å². The van der Waals surface area contributed by atoms with Crippen molar-refractivity contribution in [1.29, 1.82) is 0 Å². The first-order chi connectivity index (χ1) is 8.76. The number of benzene rings is 1. The lowest BCUT2D eigenvalue weighted by molar-refractivity contribution is 0.179. The maximum Gasteiger partial charge on any atom is 0.323 e. The van der Waals surface area contributed by atoms with E-state index < -0.39 is 0 Å². The highest BCUT2D eigenvalue weighted by molar-refractivity contribution is 5.78. The van der Waals surface area contributed by atoms with Crippen LogP contribution in [0.5, 0.6) is 0 Å². The number of hydrogen-bond donors (Lipinski definition) is 3. The van der Waals surface area contributed by atoms with Crippen molar-refractivity contribution >= 4 is 16.7 Å². The molecule has 18 heavy (non-hydrogen) atoms. The molecular weight excluding hydrogens is 230 g/mol. The summed E-state index contributed by atoms with van der Waals surface area (Å²) in [5.41, 5.74) is 2.52. The Hall–Kier alpha value is -1.75. The third-order valence-corrected chi connectivity index (χ3v) is 3.41. The number of H-pyrrole nitrogens is 2. The standard InChI is InChI=1S/C13H17N3O2/c1-18-7-12(8-2-3-8)14-9-4-5-10-11(6-9)16-13(17)15-10/h4-6,8,12,14H,2-3,7H2,1H3,(H2,15,16,17). The van der Waals surface area contributed by atoms with E-state index in [4.69, 9.17) is 4.74 Å². The largest absolute Gasteiger partial charge is 0.383 e. The molecule has 0 amide bonds. The van der Waals surface area contributed by atoms with E-state index >= 15 is 0 Å². The zero-order chi connectivity index (χ0) is 12.5. The molecule has 1 aliphatic rings. The van der Waals surface area contributed by atoms with Gasteiger partial charge < -0.3 is 20.0 Å².